The van der Waals surface area contributed by atoms with E-state index in [1.165, 1.54) is 19.3 Å². The summed E-state index contributed by atoms with van der Waals surface area (Å²) in [6, 6.07) is 0. The Morgan fingerprint density at radius 2 is 2.38 bits per heavy atom. The first kappa shape index (κ1) is 11.2. The van der Waals surface area contributed by atoms with E-state index >= 15 is 0 Å². The summed E-state index contributed by atoms with van der Waals surface area (Å²) in [7, 11) is 0. The monoisotopic (exact) mass is 220 g/mol. The van der Waals surface area contributed by atoms with Crippen molar-refractivity contribution in [3.05, 3.63) is 23.6 Å². The number of aryl methyl sites for hydroxylation is 2. The quantitative estimate of drug-likeness (QED) is 0.791. The van der Waals surface area contributed by atoms with Crippen LogP contribution < -0.4 is 5.32 Å². The molecule has 0 radical (unpaired) electrons. The number of hydrogen-bond donors (Lipinski definition) is 1. The average Bonchev–Trinajstić information content (AvgIpc) is 2.69. The van der Waals surface area contributed by atoms with Crippen molar-refractivity contribution >= 4 is 5.69 Å². The van der Waals surface area contributed by atoms with Gasteiger partial charge in [-0.05, 0) is 32.1 Å². The summed E-state index contributed by atoms with van der Waals surface area (Å²) in [4.78, 5) is 0. The largest absolute Gasteiger partial charge is 0.380 e. The molecule has 0 saturated heterocycles. The molecule has 0 saturated carbocycles. The highest BCUT2D eigenvalue weighted by Crippen LogP contribution is 2.23. The number of anilines is 1. The topological polar surface area (TPSA) is 38.1 Å². The summed E-state index contributed by atoms with van der Waals surface area (Å²) in [6.45, 7) is 5.11. The first-order chi connectivity index (χ1) is 7.81. The third-order valence-electron chi connectivity index (χ3n) is 3.20. The zero-order valence-electron chi connectivity index (χ0n) is 10.1. The van der Waals surface area contributed by atoms with E-state index in [9.17, 15) is 0 Å². The molecule has 3 nitrogen and oxygen atoms in total. The van der Waals surface area contributed by atoms with Gasteiger partial charge in [0.1, 0.15) is 11.4 Å². The van der Waals surface area contributed by atoms with E-state index < -0.39 is 0 Å². The van der Waals surface area contributed by atoms with Crippen molar-refractivity contribution in [2.75, 3.05) is 11.9 Å². The molecule has 1 aromatic rings. The van der Waals surface area contributed by atoms with E-state index in [1.54, 1.807) is 0 Å². The summed E-state index contributed by atoms with van der Waals surface area (Å²) in [6.07, 6.45) is 9.16. The predicted octanol–water partition coefficient (Wildman–Crippen LogP) is 3.31. The maximum Gasteiger partial charge on any atom is 0.159 e. The van der Waals surface area contributed by atoms with Crippen LogP contribution in [0.15, 0.2) is 16.7 Å². The molecule has 0 amide bonds. The van der Waals surface area contributed by atoms with Gasteiger partial charge in [0.15, 0.2) is 5.76 Å². The van der Waals surface area contributed by atoms with Crippen molar-refractivity contribution in [2.24, 2.45) is 5.92 Å². The summed E-state index contributed by atoms with van der Waals surface area (Å²) >= 11 is 0. The van der Waals surface area contributed by atoms with E-state index in [0.717, 1.165) is 36.0 Å². The summed E-state index contributed by atoms with van der Waals surface area (Å²) in [5.74, 6) is 1.73. The first-order valence-electron chi connectivity index (χ1n) is 6.15. The fraction of sp³-hybridized carbons (Fsp3) is 0.615. The first-order valence-corrected chi connectivity index (χ1v) is 6.15. The van der Waals surface area contributed by atoms with Crippen LogP contribution in [0.1, 0.15) is 37.6 Å². The molecule has 1 aromatic heterocycles. The van der Waals surface area contributed by atoms with Gasteiger partial charge in [-0.2, -0.15) is 0 Å². The highest BCUT2D eigenvalue weighted by Gasteiger charge is 2.14. The lowest BCUT2D eigenvalue weighted by Gasteiger charge is -2.18. The van der Waals surface area contributed by atoms with E-state index in [0.29, 0.717) is 0 Å². The van der Waals surface area contributed by atoms with Crippen molar-refractivity contribution in [2.45, 2.75) is 39.5 Å². The van der Waals surface area contributed by atoms with Gasteiger partial charge in [0.25, 0.3) is 0 Å². The Morgan fingerprint density at radius 1 is 1.50 bits per heavy atom. The van der Waals surface area contributed by atoms with Crippen molar-refractivity contribution in [1.82, 2.24) is 5.16 Å². The molecule has 0 spiro atoms. The molecule has 1 atom stereocenters. The van der Waals surface area contributed by atoms with Gasteiger partial charge in [0.05, 0.1) is 0 Å². The second-order valence-electron chi connectivity index (χ2n) is 4.45. The SMILES string of the molecule is CCc1onc(C)c1NCC1CC=CCC1. The van der Waals surface area contributed by atoms with Crippen LogP contribution in [-0.2, 0) is 6.42 Å². The minimum absolute atomic E-state index is 0.754. The number of nitrogens with zero attached hydrogens (tertiary/aromatic N) is 1. The van der Waals surface area contributed by atoms with Gasteiger partial charge < -0.3 is 9.84 Å². The maximum absolute atomic E-state index is 5.26. The van der Waals surface area contributed by atoms with Crippen LogP contribution in [0.4, 0.5) is 5.69 Å². The molecule has 1 aliphatic carbocycles. The van der Waals surface area contributed by atoms with Crippen LogP contribution in [0.3, 0.4) is 0 Å². The van der Waals surface area contributed by atoms with Gasteiger partial charge in [-0.1, -0.05) is 24.2 Å². The normalized spacial score (nSPS) is 20.0. The van der Waals surface area contributed by atoms with Crippen LogP contribution in [-0.4, -0.2) is 11.7 Å². The fourth-order valence-electron chi connectivity index (χ4n) is 2.17. The van der Waals surface area contributed by atoms with Gasteiger partial charge in [0, 0.05) is 13.0 Å². The van der Waals surface area contributed by atoms with Crippen molar-refractivity contribution < 1.29 is 4.52 Å². The number of nitrogens with one attached hydrogen (secondary N) is 1. The predicted molar refractivity (Wildman–Crippen MR) is 65.6 cm³/mol. The van der Waals surface area contributed by atoms with E-state index in [4.69, 9.17) is 4.52 Å². The minimum Gasteiger partial charge on any atom is -0.380 e. The van der Waals surface area contributed by atoms with E-state index in [2.05, 4.69) is 29.5 Å². The van der Waals surface area contributed by atoms with E-state index in [1.807, 2.05) is 6.92 Å². The lowest BCUT2D eigenvalue weighted by Crippen LogP contribution is -2.16. The molecule has 0 aromatic carbocycles. The van der Waals surface area contributed by atoms with Crippen LogP contribution >= 0.6 is 0 Å². The molecule has 2 rings (SSSR count). The second kappa shape index (κ2) is 5.19. The standard InChI is InChI=1S/C13H20N2O/c1-3-12-13(10(2)15-16-12)14-9-11-7-5-4-6-8-11/h4-5,11,14H,3,6-9H2,1-2H3. The Hall–Kier alpha value is -1.25. The van der Waals surface area contributed by atoms with Gasteiger partial charge >= 0.3 is 0 Å². The molecule has 3 heteroatoms. The zero-order valence-corrected chi connectivity index (χ0v) is 10.1. The van der Waals surface area contributed by atoms with E-state index in [-0.39, 0.29) is 0 Å². The van der Waals surface area contributed by atoms with Crippen LogP contribution in [0, 0.1) is 12.8 Å². The highest BCUT2D eigenvalue weighted by molar-refractivity contribution is 5.50. The zero-order chi connectivity index (χ0) is 11.4. The van der Waals surface area contributed by atoms with Crippen molar-refractivity contribution in [3.63, 3.8) is 0 Å². The smallest absolute Gasteiger partial charge is 0.159 e. The average molecular weight is 220 g/mol. The lowest BCUT2D eigenvalue weighted by atomic mass is 9.94. The number of rotatable bonds is 4. The van der Waals surface area contributed by atoms with Crippen molar-refractivity contribution in [1.29, 1.82) is 0 Å². The molecule has 0 aliphatic heterocycles. The molecule has 1 N–H and O–H groups in total. The molecule has 1 aliphatic rings. The van der Waals surface area contributed by atoms with Crippen LogP contribution in [0.25, 0.3) is 0 Å². The maximum atomic E-state index is 5.26. The summed E-state index contributed by atoms with van der Waals surface area (Å²) in [5, 5.41) is 7.49. The molecule has 0 bridgehead atoms. The Balaban J connectivity index is 1.93. The van der Waals surface area contributed by atoms with Crippen LogP contribution in [0.2, 0.25) is 0 Å². The molecule has 1 unspecified atom stereocenters. The third kappa shape index (κ3) is 2.46. The highest BCUT2D eigenvalue weighted by atomic mass is 16.5. The Bertz CT molecular complexity index is 368. The molecular formula is C13H20N2O. The molecule has 0 fully saturated rings. The Morgan fingerprint density at radius 3 is 3.06 bits per heavy atom. The number of aromatic nitrogens is 1. The molecule has 1 heterocycles. The molecular weight excluding hydrogens is 200 g/mol. The number of hydrogen-bond acceptors (Lipinski definition) is 3. The van der Waals surface area contributed by atoms with Crippen molar-refractivity contribution in [3.8, 4) is 0 Å². The lowest BCUT2D eigenvalue weighted by molar-refractivity contribution is 0.383. The van der Waals surface area contributed by atoms with Gasteiger partial charge in [0.2, 0.25) is 0 Å². The van der Waals surface area contributed by atoms with Gasteiger partial charge in [-0.15, -0.1) is 0 Å². The van der Waals surface area contributed by atoms with Gasteiger partial charge in [-0.25, -0.2) is 0 Å². The number of allylic oxidation sites excluding steroid dienone is 2. The second-order valence-corrected chi connectivity index (χ2v) is 4.45. The molecule has 88 valence electrons. The summed E-state index contributed by atoms with van der Waals surface area (Å²) < 4.78 is 5.26. The van der Waals surface area contributed by atoms with Crippen LogP contribution in [0.5, 0.6) is 0 Å². The third-order valence-corrected chi connectivity index (χ3v) is 3.20. The minimum atomic E-state index is 0.754. The van der Waals surface area contributed by atoms with Gasteiger partial charge in [-0.3, -0.25) is 0 Å². The Labute approximate surface area is 96.9 Å². The Kier molecular flexibility index (Phi) is 3.65. The fourth-order valence-corrected chi connectivity index (χ4v) is 2.17. The molecule has 16 heavy (non-hydrogen) atoms. The summed E-state index contributed by atoms with van der Waals surface area (Å²) in [5.41, 5.74) is 2.08.